The van der Waals surface area contributed by atoms with Gasteiger partial charge in [0.15, 0.2) is 5.12 Å². The molecule has 4 heteroatoms. The van der Waals surface area contributed by atoms with Gasteiger partial charge in [0.1, 0.15) is 5.75 Å². The predicted octanol–water partition coefficient (Wildman–Crippen LogP) is 4.07. The van der Waals surface area contributed by atoms with Crippen LogP contribution in [0.15, 0.2) is 41.1 Å². The Morgan fingerprint density at radius 2 is 2.22 bits per heavy atom. The van der Waals surface area contributed by atoms with E-state index in [4.69, 9.17) is 4.74 Å². The Hall–Kier alpha value is -1.26. The fourth-order valence-corrected chi connectivity index (χ4v) is 2.66. The smallest absolute Gasteiger partial charge is 0.185 e. The van der Waals surface area contributed by atoms with E-state index in [0.717, 1.165) is 11.3 Å². The molecular formula is C14H14O2S2. The number of ether oxygens (including phenoxy) is 1. The Balaban J connectivity index is 1.94. The van der Waals surface area contributed by atoms with Gasteiger partial charge in [-0.2, -0.15) is 11.3 Å². The van der Waals surface area contributed by atoms with E-state index in [1.54, 1.807) is 18.3 Å². The molecule has 0 bridgehead atoms. The summed E-state index contributed by atoms with van der Waals surface area (Å²) in [5.41, 5.74) is 2.37. The van der Waals surface area contributed by atoms with Gasteiger partial charge in [-0.1, -0.05) is 23.9 Å². The molecule has 0 fully saturated rings. The third kappa shape index (κ3) is 3.89. The molecule has 0 amide bonds. The monoisotopic (exact) mass is 278 g/mol. The lowest BCUT2D eigenvalue weighted by atomic mass is 10.1. The molecule has 0 aliphatic heterocycles. The number of benzene rings is 1. The molecule has 0 spiro atoms. The van der Waals surface area contributed by atoms with Crippen LogP contribution in [0, 0.1) is 0 Å². The molecule has 2 aromatic rings. The molecule has 1 heterocycles. The van der Waals surface area contributed by atoms with Crippen molar-refractivity contribution in [3.63, 3.8) is 0 Å². The molecule has 0 radical (unpaired) electrons. The van der Waals surface area contributed by atoms with Crippen LogP contribution in [-0.4, -0.2) is 17.5 Å². The molecule has 0 unspecified atom stereocenters. The molecule has 0 saturated heterocycles. The van der Waals surface area contributed by atoms with Crippen molar-refractivity contribution in [1.29, 1.82) is 0 Å². The van der Waals surface area contributed by atoms with Gasteiger partial charge in [0.25, 0.3) is 0 Å². The summed E-state index contributed by atoms with van der Waals surface area (Å²) in [4.78, 5) is 10.8. The number of hydrogen-bond donors (Lipinski definition) is 0. The van der Waals surface area contributed by atoms with Crippen molar-refractivity contribution in [3.05, 3.63) is 41.1 Å². The van der Waals surface area contributed by atoms with Gasteiger partial charge in [0.05, 0.1) is 6.61 Å². The highest BCUT2D eigenvalue weighted by Crippen LogP contribution is 2.25. The SMILES string of the molecule is CC(=O)SCCOc1cccc(-c2ccsc2)c1. The van der Waals surface area contributed by atoms with Crippen LogP contribution >= 0.6 is 23.1 Å². The summed E-state index contributed by atoms with van der Waals surface area (Å²) >= 11 is 2.97. The molecule has 0 saturated carbocycles. The summed E-state index contributed by atoms with van der Waals surface area (Å²) in [5, 5.41) is 4.31. The normalized spacial score (nSPS) is 10.3. The van der Waals surface area contributed by atoms with Crippen LogP contribution in [0.3, 0.4) is 0 Å². The van der Waals surface area contributed by atoms with E-state index in [1.165, 1.54) is 17.3 Å². The van der Waals surface area contributed by atoms with Crippen molar-refractivity contribution < 1.29 is 9.53 Å². The van der Waals surface area contributed by atoms with Crippen molar-refractivity contribution in [1.82, 2.24) is 0 Å². The van der Waals surface area contributed by atoms with Crippen LogP contribution < -0.4 is 4.74 Å². The van der Waals surface area contributed by atoms with Gasteiger partial charge in [-0.25, -0.2) is 0 Å². The van der Waals surface area contributed by atoms with Gasteiger partial charge in [-0.15, -0.1) is 0 Å². The van der Waals surface area contributed by atoms with Crippen LogP contribution in [0.1, 0.15) is 6.92 Å². The molecule has 0 atom stereocenters. The van der Waals surface area contributed by atoms with E-state index in [2.05, 4.69) is 22.9 Å². The molecule has 94 valence electrons. The average molecular weight is 278 g/mol. The first-order valence-corrected chi connectivity index (χ1v) is 7.57. The minimum Gasteiger partial charge on any atom is -0.493 e. The van der Waals surface area contributed by atoms with Gasteiger partial charge in [0.2, 0.25) is 0 Å². The van der Waals surface area contributed by atoms with Gasteiger partial charge in [0, 0.05) is 12.7 Å². The Morgan fingerprint density at radius 1 is 1.33 bits per heavy atom. The second-order valence-corrected chi connectivity index (χ2v) is 5.78. The second-order valence-electron chi connectivity index (χ2n) is 3.73. The van der Waals surface area contributed by atoms with E-state index in [9.17, 15) is 4.79 Å². The topological polar surface area (TPSA) is 26.3 Å². The number of carbonyl (C=O) groups is 1. The Kier molecular flexibility index (Phi) is 4.84. The van der Waals surface area contributed by atoms with Crippen LogP contribution in [0.5, 0.6) is 5.75 Å². The molecule has 2 rings (SSSR count). The molecule has 2 nitrogen and oxygen atoms in total. The maximum Gasteiger partial charge on any atom is 0.185 e. The molecule has 1 aromatic heterocycles. The minimum atomic E-state index is 0.130. The number of thioether (sulfide) groups is 1. The third-order valence-corrected chi connectivity index (χ3v) is 3.81. The van der Waals surface area contributed by atoms with Crippen LogP contribution in [0.4, 0.5) is 0 Å². The van der Waals surface area contributed by atoms with E-state index in [-0.39, 0.29) is 5.12 Å². The average Bonchev–Trinajstić information content (AvgIpc) is 2.89. The summed E-state index contributed by atoms with van der Waals surface area (Å²) < 4.78 is 5.63. The fraction of sp³-hybridized carbons (Fsp3) is 0.214. The van der Waals surface area contributed by atoms with Crippen LogP contribution in [0.2, 0.25) is 0 Å². The zero-order valence-electron chi connectivity index (χ0n) is 10.1. The Labute approximate surface area is 115 Å². The lowest BCUT2D eigenvalue weighted by Gasteiger charge is -2.06. The van der Waals surface area contributed by atoms with Crippen LogP contribution in [-0.2, 0) is 4.79 Å². The quantitative estimate of drug-likeness (QED) is 0.771. The van der Waals surface area contributed by atoms with E-state index < -0.39 is 0 Å². The van der Waals surface area contributed by atoms with E-state index in [1.807, 2.05) is 18.2 Å². The second kappa shape index (κ2) is 6.61. The Bertz CT molecular complexity index is 506. The summed E-state index contributed by atoms with van der Waals surface area (Å²) in [6, 6.07) is 10.1. The molecule has 0 aliphatic rings. The predicted molar refractivity (Wildman–Crippen MR) is 78.4 cm³/mol. The van der Waals surface area contributed by atoms with E-state index >= 15 is 0 Å². The molecule has 1 aromatic carbocycles. The number of rotatable bonds is 5. The molecule has 0 aliphatic carbocycles. The lowest BCUT2D eigenvalue weighted by molar-refractivity contribution is -0.109. The van der Waals surface area contributed by atoms with Gasteiger partial charge in [-0.05, 0) is 40.1 Å². The minimum absolute atomic E-state index is 0.130. The fourth-order valence-electron chi connectivity index (χ4n) is 1.54. The third-order valence-electron chi connectivity index (χ3n) is 2.35. The highest BCUT2D eigenvalue weighted by Gasteiger charge is 2.01. The first-order chi connectivity index (χ1) is 8.75. The number of hydrogen-bond acceptors (Lipinski definition) is 4. The standard InChI is InChI=1S/C14H14O2S2/c1-11(15)18-8-6-16-14-4-2-3-12(9-14)13-5-7-17-10-13/h2-5,7,9-10H,6,8H2,1H3. The first kappa shape index (κ1) is 13.2. The number of thiophene rings is 1. The first-order valence-electron chi connectivity index (χ1n) is 5.64. The van der Waals surface area contributed by atoms with Gasteiger partial charge >= 0.3 is 0 Å². The van der Waals surface area contributed by atoms with Gasteiger partial charge in [-0.3, -0.25) is 4.79 Å². The van der Waals surface area contributed by atoms with Crippen molar-refractivity contribution in [2.24, 2.45) is 0 Å². The summed E-state index contributed by atoms with van der Waals surface area (Å²) in [6.45, 7) is 2.12. The maximum absolute atomic E-state index is 10.8. The molecular weight excluding hydrogens is 264 g/mol. The molecule has 0 N–H and O–H groups in total. The van der Waals surface area contributed by atoms with Crippen molar-refractivity contribution in [2.75, 3.05) is 12.4 Å². The highest BCUT2D eigenvalue weighted by molar-refractivity contribution is 8.13. The summed E-state index contributed by atoms with van der Waals surface area (Å²) in [6.07, 6.45) is 0. The zero-order chi connectivity index (χ0) is 12.8. The lowest BCUT2D eigenvalue weighted by Crippen LogP contribution is -2.01. The van der Waals surface area contributed by atoms with Crippen molar-refractivity contribution >= 4 is 28.2 Å². The van der Waals surface area contributed by atoms with E-state index in [0.29, 0.717) is 12.4 Å². The van der Waals surface area contributed by atoms with Crippen LogP contribution in [0.25, 0.3) is 11.1 Å². The maximum atomic E-state index is 10.8. The van der Waals surface area contributed by atoms with Crippen molar-refractivity contribution in [2.45, 2.75) is 6.92 Å². The zero-order valence-corrected chi connectivity index (χ0v) is 11.7. The highest BCUT2D eigenvalue weighted by atomic mass is 32.2. The summed E-state index contributed by atoms with van der Waals surface area (Å²) in [5.74, 6) is 1.54. The Morgan fingerprint density at radius 3 is 2.94 bits per heavy atom. The van der Waals surface area contributed by atoms with Gasteiger partial charge < -0.3 is 4.74 Å². The van der Waals surface area contributed by atoms with Crippen molar-refractivity contribution in [3.8, 4) is 16.9 Å². The summed E-state index contributed by atoms with van der Waals surface area (Å²) in [7, 11) is 0. The molecule has 18 heavy (non-hydrogen) atoms. The largest absolute Gasteiger partial charge is 0.493 e. The number of carbonyl (C=O) groups excluding carboxylic acids is 1.